The minimum atomic E-state index is -3.68. The molecule has 1 fully saturated rings. The van der Waals surface area contributed by atoms with Gasteiger partial charge in [-0.15, -0.1) is 5.10 Å². The number of benzene rings is 3. The Kier molecular flexibility index (Phi) is 6.82. The van der Waals surface area contributed by atoms with Crippen LogP contribution in [0.5, 0.6) is 0 Å². The maximum Gasteiger partial charge on any atom is 0.339 e. The summed E-state index contributed by atoms with van der Waals surface area (Å²) in [7, 11) is 0.0397. The Labute approximate surface area is 255 Å². The molecule has 1 N–H and O–H groups in total. The third-order valence-electron chi connectivity index (χ3n) is 8.47. The number of para-hydroxylation sites is 1. The van der Waals surface area contributed by atoms with Crippen molar-refractivity contribution in [3.05, 3.63) is 108 Å². The van der Waals surface area contributed by atoms with Crippen molar-refractivity contribution >= 4 is 21.7 Å². The predicted octanol–water partition coefficient (Wildman–Crippen LogP) is 4.28. The first-order chi connectivity index (χ1) is 21.2. The summed E-state index contributed by atoms with van der Waals surface area (Å²) in [6.07, 6.45) is 4.05. The number of carboxylic acid groups (broad SMARTS) is 1. The molecule has 2 aromatic heterocycles. The first-order valence-electron chi connectivity index (χ1n) is 14.4. The number of hydrogen-bond acceptors (Lipinski definition) is 7. The van der Waals surface area contributed by atoms with Crippen LogP contribution in [-0.4, -0.2) is 68.7 Å². The number of aromatic carboxylic acids is 1. The summed E-state index contributed by atoms with van der Waals surface area (Å²) >= 11 is 0. The van der Waals surface area contributed by atoms with Gasteiger partial charge in [0.1, 0.15) is 10.5 Å². The molecule has 12 heteroatoms. The van der Waals surface area contributed by atoms with E-state index >= 15 is 0 Å². The molecular weight excluding hydrogens is 578 g/mol. The van der Waals surface area contributed by atoms with Crippen molar-refractivity contribution in [3.63, 3.8) is 0 Å². The molecule has 0 spiro atoms. The highest BCUT2D eigenvalue weighted by Gasteiger charge is 2.46. The first-order valence-corrected chi connectivity index (χ1v) is 15.8. The number of hydrogen-bond donors (Lipinski definition) is 1. The average Bonchev–Trinajstić information content (AvgIpc) is 3.50. The quantitative estimate of drug-likeness (QED) is 0.290. The number of rotatable bonds is 7. The van der Waals surface area contributed by atoms with Crippen LogP contribution in [0.2, 0.25) is 0 Å². The van der Waals surface area contributed by atoms with Gasteiger partial charge in [0.15, 0.2) is 0 Å². The molecule has 0 amide bonds. The van der Waals surface area contributed by atoms with Gasteiger partial charge in [0.25, 0.3) is 0 Å². The number of carboxylic acids is 1. The van der Waals surface area contributed by atoms with Gasteiger partial charge in [-0.05, 0) is 53.4 Å². The second-order valence-corrected chi connectivity index (χ2v) is 13.3. The van der Waals surface area contributed by atoms with Crippen LogP contribution in [0.15, 0.2) is 90.1 Å². The summed E-state index contributed by atoms with van der Waals surface area (Å²) in [5, 5.41) is 22.7. The van der Waals surface area contributed by atoms with E-state index in [2.05, 4.69) is 15.4 Å². The van der Waals surface area contributed by atoms with Crippen LogP contribution in [0, 0.1) is 0 Å². The van der Waals surface area contributed by atoms with E-state index < -0.39 is 16.0 Å². The van der Waals surface area contributed by atoms with E-state index in [1.54, 1.807) is 21.5 Å². The number of aromatic nitrogens is 5. The molecule has 11 nitrogen and oxygen atoms in total. The van der Waals surface area contributed by atoms with E-state index in [0.29, 0.717) is 29.4 Å². The molecule has 1 aliphatic heterocycles. The van der Waals surface area contributed by atoms with Gasteiger partial charge in [0.05, 0.1) is 29.0 Å². The average molecular weight is 610 g/mol. The smallest absolute Gasteiger partial charge is 0.339 e. The zero-order chi connectivity index (χ0) is 30.6. The van der Waals surface area contributed by atoms with Gasteiger partial charge in [-0.3, -0.25) is 4.68 Å². The van der Waals surface area contributed by atoms with Gasteiger partial charge >= 0.3 is 5.97 Å². The van der Waals surface area contributed by atoms with E-state index in [-0.39, 0.29) is 23.9 Å². The van der Waals surface area contributed by atoms with Crippen molar-refractivity contribution in [1.29, 1.82) is 0 Å². The fourth-order valence-electron chi connectivity index (χ4n) is 6.11. The van der Waals surface area contributed by atoms with E-state index in [1.807, 2.05) is 85.9 Å². The largest absolute Gasteiger partial charge is 0.478 e. The summed E-state index contributed by atoms with van der Waals surface area (Å²) < 4.78 is 32.2. The summed E-state index contributed by atoms with van der Waals surface area (Å²) in [5.41, 5.74) is 5.83. The van der Waals surface area contributed by atoms with E-state index in [9.17, 15) is 18.3 Å². The van der Waals surface area contributed by atoms with Gasteiger partial charge in [0, 0.05) is 51.8 Å². The molecule has 44 heavy (non-hydrogen) atoms. The molecule has 1 saturated carbocycles. The summed E-state index contributed by atoms with van der Waals surface area (Å²) in [6.45, 7) is 1.20. The summed E-state index contributed by atoms with van der Waals surface area (Å²) in [4.78, 5) is 14.4. The number of carbonyl (C=O) groups is 1. The lowest BCUT2D eigenvalue weighted by molar-refractivity contribution is 0.0695. The second kappa shape index (κ2) is 10.7. The fraction of sp³-hybridized carbons (Fsp3) is 0.250. The Bertz CT molecular complexity index is 2000. The minimum absolute atomic E-state index is 0.0352. The SMILES string of the molecule is CN1CCN(Cc2cccc(-c3cccc(-n4ncc(C(=O)O)c4[C@@H]4C[C@H]4c4cn(C)nn4)c3)c2)S(=O)(=O)c2ccccc21. The standard InChI is InChI=1S/C32H31N7O4S/c1-36-13-14-38(44(42,43)30-12-4-3-11-29(30)36)19-21-7-5-8-22(15-21)23-9-6-10-24(16-23)39-31(27(18-33-39)32(40)41)26-17-25(26)28-20-37(2)35-34-28/h3-12,15-16,18,20,25-26H,13-14,17,19H2,1-2H3,(H,40,41)/t25-,26-/m1/s1. The van der Waals surface area contributed by atoms with Crippen molar-refractivity contribution in [3.8, 4) is 16.8 Å². The van der Waals surface area contributed by atoms with Crippen molar-refractivity contribution in [2.45, 2.75) is 29.7 Å². The Morgan fingerprint density at radius 3 is 2.50 bits per heavy atom. The predicted molar refractivity (Wildman–Crippen MR) is 164 cm³/mol. The van der Waals surface area contributed by atoms with Crippen molar-refractivity contribution in [1.82, 2.24) is 29.1 Å². The van der Waals surface area contributed by atoms with Crippen LogP contribution in [0.1, 0.15) is 45.6 Å². The van der Waals surface area contributed by atoms with E-state index in [0.717, 1.165) is 34.5 Å². The van der Waals surface area contributed by atoms with Gasteiger partial charge in [-0.1, -0.05) is 47.7 Å². The zero-order valence-electron chi connectivity index (χ0n) is 24.3. The summed E-state index contributed by atoms with van der Waals surface area (Å²) in [5.74, 6) is -0.969. The fourth-order valence-corrected chi connectivity index (χ4v) is 7.77. The molecule has 3 aromatic carbocycles. The lowest BCUT2D eigenvalue weighted by Gasteiger charge is -2.20. The van der Waals surface area contributed by atoms with E-state index in [4.69, 9.17) is 0 Å². The lowest BCUT2D eigenvalue weighted by Crippen LogP contribution is -2.33. The van der Waals surface area contributed by atoms with Crippen LogP contribution in [0.25, 0.3) is 16.8 Å². The molecular formula is C32H31N7O4S. The maximum atomic E-state index is 13.6. The van der Waals surface area contributed by atoms with Crippen LogP contribution >= 0.6 is 0 Å². The van der Waals surface area contributed by atoms with E-state index in [1.165, 1.54) is 10.5 Å². The third kappa shape index (κ3) is 4.95. The number of sulfonamides is 1. The topological polar surface area (TPSA) is 126 Å². The molecule has 0 bridgehead atoms. The molecule has 0 saturated heterocycles. The van der Waals surface area contributed by atoms with Crippen LogP contribution in [0.4, 0.5) is 5.69 Å². The van der Waals surface area contributed by atoms with Gasteiger partial charge in [-0.2, -0.15) is 9.40 Å². The monoisotopic (exact) mass is 609 g/mol. The highest BCUT2D eigenvalue weighted by molar-refractivity contribution is 7.89. The molecule has 3 heterocycles. The number of likely N-dealkylation sites (N-methyl/N-ethyl adjacent to an activating group) is 1. The third-order valence-corrected chi connectivity index (χ3v) is 10.4. The van der Waals surface area contributed by atoms with Crippen LogP contribution in [0.3, 0.4) is 0 Å². The van der Waals surface area contributed by atoms with Gasteiger partial charge in [-0.25, -0.2) is 17.9 Å². The molecule has 0 unspecified atom stereocenters. The van der Waals surface area contributed by atoms with Crippen molar-refractivity contribution < 1.29 is 18.3 Å². The van der Waals surface area contributed by atoms with Gasteiger partial charge in [0.2, 0.25) is 10.0 Å². The normalized spacial score (nSPS) is 19.4. The summed E-state index contributed by atoms with van der Waals surface area (Å²) in [6, 6.07) is 22.8. The van der Waals surface area contributed by atoms with Crippen LogP contribution < -0.4 is 4.90 Å². The molecule has 7 rings (SSSR count). The van der Waals surface area contributed by atoms with Gasteiger partial charge < -0.3 is 10.0 Å². The molecule has 1 aliphatic carbocycles. The lowest BCUT2D eigenvalue weighted by atomic mass is 10.0. The second-order valence-electron chi connectivity index (χ2n) is 11.4. The van der Waals surface area contributed by atoms with Crippen LogP contribution in [-0.2, 0) is 23.6 Å². The highest BCUT2D eigenvalue weighted by atomic mass is 32.2. The zero-order valence-corrected chi connectivity index (χ0v) is 25.1. The number of nitrogens with zero attached hydrogens (tertiary/aromatic N) is 7. The Morgan fingerprint density at radius 1 is 0.955 bits per heavy atom. The molecule has 2 atom stereocenters. The number of aryl methyl sites for hydroxylation is 1. The minimum Gasteiger partial charge on any atom is -0.478 e. The Balaban J connectivity index is 1.19. The highest BCUT2D eigenvalue weighted by Crippen LogP contribution is 2.55. The number of anilines is 1. The Morgan fingerprint density at radius 2 is 1.73 bits per heavy atom. The Hall–Kier alpha value is -4.81. The molecule has 0 radical (unpaired) electrons. The molecule has 224 valence electrons. The maximum absolute atomic E-state index is 13.6. The first kappa shape index (κ1) is 28.0. The molecule has 5 aromatic rings. The molecule has 2 aliphatic rings. The van der Waals surface area contributed by atoms with Crippen molar-refractivity contribution in [2.24, 2.45) is 7.05 Å². The number of fused-ring (bicyclic) bond motifs is 1. The van der Waals surface area contributed by atoms with Crippen molar-refractivity contribution in [2.75, 3.05) is 25.0 Å².